The molecule has 1 amide bonds. The molecule has 2 aliphatic heterocycles. The molecule has 0 radical (unpaired) electrons. The van der Waals surface area contributed by atoms with Crippen molar-refractivity contribution in [3.8, 4) is 17.1 Å². The highest BCUT2D eigenvalue weighted by Crippen LogP contribution is 2.40. The van der Waals surface area contributed by atoms with E-state index in [-0.39, 0.29) is 18.1 Å². The van der Waals surface area contributed by atoms with Gasteiger partial charge in [0.25, 0.3) is 5.91 Å². The van der Waals surface area contributed by atoms with Gasteiger partial charge in [-0.3, -0.25) is 9.59 Å². The summed E-state index contributed by atoms with van der Waals surface area (Å²) >= 11 is 0. The summed E-state index contributed by atoms with van der Waals surface area (Å²) in [4.78, 5) is 34.6. The fourth-order valence-electron chi connectivity index (χ4n) is 5.83. The molecule has 10 heteroatoms. The van der Waals surface area contributed by atoms with Gasteiger partial charge in [0.1, 0.15) is 18.0 Å². The summed E-state index contributed by atoms with van der Waals surface area (Å²) in [5.41, 5.74) is 3.23. The number of tetrazole rings is 1. The molecule has 10 nitrogen and oxygen atoms in total. The van der Waals surface area contributed by atoms with Crippen LogP contribution in [0.1, 0.15) is 64.9 Å². The molecule has 0 unspecified atom stereocenters. The highest BCUT2D eigenvalue weighted by Gasteiger charge is 2.44. The van der Waals surface area contributed by atoms with Gasteiger partial charge >= 0.3 is 0 Å². The van der Waals surface area contributed by atoms with Gasteiger partial charge < -0.3 is 14.5 Å². The van der Waals surface area contributed by atoms with Crippen LogP contribution in [-0.2, 0) is 0 Å². The number of carbonyl (C=O) groups is 2. The van der Waals surface area contributed by atoms with Crippen molar-refractivity contribution in [2.24, 2.45) is 5.92 Å². The fraction of sp³-hybridized carbons (Fsp3) is 0.414. The zero-order chi connectivity index (χ0) is 26.6. The van der Waals surface area contributed by atoms with Gasteiger partial charge in [-0.2, -0.15) is 9.94 Å². The predicted molar refractivity (Wildman–Crippen MR) is 143 cm³/mol. The molecule has 0 atom stereocenters. The molecule has 1 aliphatic carbocycles. The number of ketones is 1. The number of rotatable bonds is 6. The predicted octanol–water partition coefficient (Wildman–Crippen LogP) is 4.00. The van der Waals surface area contributed by atoms with Crippen LogP contribution >= 0.6 is 0 Å². The smallest absolute Gasteiger partial charge is 0.253 e. The molecule has 2 fully saturated rings. The Kier molecular flexibility index (Phi) is 5.64. The van der Waals surface area contributed by atoms with Crippen LogP contribution in [0.3, 0.4) is 0 Å². The number of nitrogens with zero attached hydrogens (tertiary/aromatic N) is 5. The van der Waals surface area contributed by atoms with E-state index in [0.717, 1.165) is 28.9 Å². The second-order valence-electron chi connectivity index (χ2n) is 11.0. The molecule has 1 N–H and O–H groups in total. The van der Waals surface area contributed by atoms with E-state index < -0.39 is 5.60 Å². The molecule has 200 valence electrons. The van der Waals surface area contributed by atoms with Crippen LogP contribution in [0, 0.1) is 12.8 Å². The van der Waals surface area contributed by atoms with Gasteiger partial charge in [-0.15, -0.1) is 10.2 Å². The number of aromatic nitrogens is 5. The zero-order valence-electron chi connectivity index (χ0n) is 21.9. The second kappa shape index (κ2) is 9.21. The third kappa shape index (κ3) is 4.43. The normalized spacial score (nSPS) is 18.3. The lowest BCUT2D eigenvalue weighted by atomic mass is 9.82. The first kappa shape index (κ1) is 23.9. The summed E-state index contributed by atoms with van der Waals surface area (Å²) in [5.74, 6) is 1.83. The number of hydrogen-bond acceptors (Lipinski definition) is 7. The fourth-order valence-corrected chi connectivity index (χ4v) is 5.83. The minimum atomic E-state index is -0.598. The number of carbonyl (C=O) groups excluding carboxylic acids is 2. The number of aromatic amines is 1. The number of piperidine rings is 1. The number of ether oxygens (including phenoxy) is 1. The molecule has 4 heterocycles. The Bertz CT molecular complexity index is 1560. The van der Waals surface area contributed by atoms with Crippen molar-refractivity contribution in [1.82, 2.24) is 30.3 Å². The number of Topliss-reactive ketones (excluding diaryl/α,β-unsaturated/α-hetero) is 1. The monoisotopic (exact) mass is 526 g/mol. The molecular weight excluding hydrogens is 496 g/mol. The van der Waals surface area contributed by atoms with Gasteiger partial charge in [-0.05, 0) is 60.9 Å². The maximum atomic E-state index is 13.5. The van der Waals surface area contributed by atoms with Crippen LogP contribution in [0.15, 0.2) is 42.5 Å². The van der Waals surface area contributed by atoms with E-state index in [0.29, 0.717) is 60.8 Å². The number of aryl methyl sites for hydroxylation is 1. The largest absolute Gasteiger partial charge is 0.486 e. The lowest BCUT2D eigenvalue weighted by Gasteiger charge is -2.44. The van der Waals surface area contributed by atoms with E-state index in [1.165, 1.54) is 12.8 Å². The molecule has 1 spiro atoms. The Hall–Kier alpha value is -4.21. The van der Waals surface area contributed by atoms with E-state index in [1.54, 1.807) is 12.1 Å². The molecule has 2 aromatic heterocycles. The van der Waals surface area contributed by atoms with Crippen LogP contribution in [0.5, 0.6) is 5.75 Å². The van der Waals surface area contributed by atoms with Crippen molar-refractivity contribution in [3.63, 3.8) is 0 Å². The highest BCUT2D eigenvalue weighted by atomic mass is 16.7. The van der Waals surface area contributed by atoms with E-state index in [2.05, 4.69) is 26.7 Å². The number of amides is 1. The van der Waals surface area contributed by atoms with E-state index in [1.807, 2.05) is 40.8 Å². The first-order valence-electron chi connectivity index (χ1n) is 13.6. The van der Waals surface area contributed by atoms with Crippen LogP contribution in [0.4, 0.5) is 0 Å². The highest BCUT2D eigenvalue weighted by molar-refractivity contribution is 6.01. The number of likely N-dealkylation sites (tertiary alicyclic amines) is 1. The maximum Gasteiger partial charge on any atom is 0.253 e. The van der Waals surface area contributed by atoms with Crippen molar-refractivity contribution < 1.29 is 19.2 Å². The van der Waals surface area contributed by atoms with Gasteiger partial charge in [-0.25, -0.2) is 0 Å². The van der Waals surface area contributed by atoms with Gasteiger partial charge in [0.2, 0.25) is 5.82 Å². The molecule has 0 bridgehead atoms. The van der Waals surface area contributed by atoms with Crippen LogP contribution in [0.25, 0.3) is 22.3 Å². The molecule has 3 aliphatic rings. The standard InChI is InChI=1S/C29H30N6O4/c1-18-14-20-4-5-22(16-24(20)35(18)38-13-8-19-2-3-19)28(37)34-11-9-29(10-12-34)17-25(36)23-15-21(6-7-26(23)39-29)27-30-32-33-31-27/h4-7,14-16,19H,2-3,8-13,17H2,1H3,(H,30,31,32,33). The molecule has 1 saturated carbocycles. The van der Waals surface area contributed by atoms with E-state index in [4.69, 9.17) is 9.57 Å². The quantitative estimate of drug-likeness (QED) is 0.404. The molecular formula is C29H30N6O4. The summed E-state index contributed by atoms with van der Waals surface area (Å²) < 4.78 is 8.29. The molecule has 4 aromatic rings. The average Bonchev–Trinajstić information content (AvgIpc) is 3.49. The first-order chi connectivity index (χ1) is 19.0. The van der Waals surface area contributed by atoms with Crippen molar-refractivity contribution in [3.05, 3.63) is 59.3 Å². The topological polar surface area (TPSA) is 115 Å². The summed E-state index contributed by atoms with van der Waals surface area (Å²) in [6, 6.07) is 13.3. The second-order valence-corrected chi connectivity index (χ2v) is 11.0. The number of hydrogen-bond donors (Lipinski definition) is 1. The summed E-state index contributed by atoms with van der Waals surface area (Å²) in [5, 5.41) is 15.1. The van der Waals surface area contributed by atoms with Crippen LogP contribution in [0.2, 0.25) is 0 Å². The lowest BCUT2D eigenvalue weighted by molar-refractivity contribution is -0.00569. The molecule has 7 rings (SSSR count). The summed E-state index contributed by atoms with van der Waals surface area (Å²) in [7, 11) is 0. The Balaban J connectivity index is 1.05. The van der Waals surface area contributed by atoms with Crippen LogP contribution in [-0.4, -0.2) is 67.2 Å². The van der Waals surface area contributed by atoms with Gasteiger partial charge in [0, 0.05) is 42.4 Å². The molecule has 39 heavy (non-hydrogen) atoms. The number of H-pyrrole nitrogens is 1. The Labute approximate surface area is 225 Å². The van der Waals surface area contributed by atoms with Crippen LogP contribution < -0.4 is 9.57 Å². The summed E-state index contributed by atoms with van der Waals surface area (Å²) in [6.07, 6.45) is 5.16. The van der Waals surface area contributed by atoms with Gasteiger partial charge in [-0.1, -0.05) is 18.9 Å². The number of fused-ring (bicyclic) bond motifs is 2. The maximum absolute atomic E-state index is 13.5. The zero-order valence-corrected chi connectivity index (χ0v) is 21.9. The van der Waals surface area contributed by atoms with E-state index in [9.17, 15) is 9.59 Å². The Morgan fingerprint density at radius 1 is 1.15 bits per heavy atom. The summed E-state index contributed by atoms with van der Waals surface area (Å²) in [6.45, 7) is 3.76. The average molecular weight is 527 g/mol. The van der Waals surface area contributed by atoms with Crippen molar-refractivity contribution in [2.45, 2.75) is 51.0 Å². The lowest BCUT2D eigenvalue weighted by Crippen LogP contribution is -2.52. The molecule has 2 aromatic carbocycles. The van der Waals surface area contributed by atoms with Crippen molar-refractivity contribution in [2.75, 3.05) is 19.7 Å². The SMILES string of the molecule is Cc1cc2ccc(C(=O)N3CCC4(CC3)CC(=O)c3cc(-c5nn[nH]n5)ccc3O4)cc2n1OCCC1CC1. The minimum absolute atomic E-state index is 0.0116. The van der Waals surface area contributed by atoms with Gasteiger partial charge in [0.15, 0.2) is 5.78 Å². The number of nitrogens with one attached hydrogen (secondary N) is 1. The third-order valence-corrected chi connectivity index (χ3v) is 8.28. The van der Waals surface area contributed by atoms with E-state index >= 15 is 0 Å². The Morgan fingerprint density at radius 3 is 2.77 bits per heavy atom. The van der Waals surface area contributed by atoms with Crippen molar-refractivity contribution in [1.29, 1.82) is 0 Å². The van der Waals surface area contributed by atoms with Gasteiger partial charge in [0.05, 0.1) is 23.2 Å². The molecule has 1 saturated heterocycles. The Morgan fingerprint density at radius 2 is 2.00 bits per heavy atom. The number of benzene rings is 2. The first-order valence-corrected chi connectivity index (χ1v) is 13.6. The van der Waals surface area contributed by atoms with Crippen molar-refractivity contribution >= 4 is 22.6 Å². The minimum Gasteiger partial charge on any atom is -0.486 e. The third-order valence-electron chi connectivity index (χ3n) is 8.28.